The molecule has 0 rings (SSSR count). The van der Waals surface area contributed by atoms with Crippen LogP contribution in [-0.2, 0) is 14.4 Å². The number of unbranched alkanes of at least 4 members (excludes halogenated alkanes) is 5. The van der Waals surface area contributed by atoms with Crippen LogP contribution in [0.3, 0.4) is 0 Å². The van der Waals surface area contributed by atoms with E-state index in [-0.39, 0.29) is 94.0 Å². The van der Waals surface area contributed by atoms with Gasteiger partial charge in [-0.2, -0.15) is 6.42 Å². The number of hydrogen-bond acceptors (Lipinski definition) is 3. The van der Waals surface area contributed by atoms with Gasteiger partial charge in [0.15, 0.2) is 0 Å². The quantitative estimate of drug-likeness (QED) is 0.168. The predicted molar refractivity (Wildman–Crippen MR) is 125 cm³/mol. The standard InChI is InChI=1S/C11H21N2O2.C9H19NO.CH3Cl.CH3.Cs/c1-9(2)6-7-11(15)13-8-4-5-10(14)12-3;1-2-3-4-5-6-7-8-9(10)11;1-2;;/h7,9H,4-6,8H2,1-3H3,(H,12,14)(H,13,15);2-8H2,1H3,(H2,10,11);1H3;1H3;/q-1;;;-1;+1. The summed E-state index contributed by atoms with van der Waals surface area (Å²) in [6, 6.07) is 0. The zero-order valence-electron chi connectivity index (χ0n) is 20.6. The summed E-state index contributed by atoms with van der Waals surface area (Å²) in [6.45, 7) is 6.88. The van der Waals surface area contributed by atoms with Crippen LogP contribution in [0.25, 0.3) is 0 Å². The van der Waals surface area contributed by atoms with E-state index in [1.54, 1.807) is 13.5 Å². The van der Waals surface area contributed by atoms with Crippen molar-refractivity contribution in [1.82, 2.24) is 10.6 Å². The molecule has 0 saturated heterocycles. The van der Waals surface area contributed by atoms with Crippen LogP contribution in [0.5, 0.6) is 0 Å². The van der Waals surface area contributed by atoms with Gasteiger partial charge in [0.1, 0.15) is 0 Å². The zero-order valence-corrected chi connectivity index (χ0v) is 27.6. The first-order valence-electron chi connectivity index (χ1n) is 10.3. The molecule has 0 spiro atoms. The number of alkyl halides is 1. The Hall–Kier alpha value is 0.622. The van der Waals surface area contributed by atoms with E-state index in [0.29, 0.717) is 31.7 Å². The summed E-state index contributed by atoms with van der Waals surface area (Å²) in [5.74, 6) is 0.304. The Kier molecular flexibility index (Phi) is 46.7. The molecule has 3 amide bonds. The van der Waals surface area contributed by atoms with Crippen molar-refractivity contribution in [3.05, 3.63) is 13.8 Å². The van der Waals surface area contributed by atoms with Crippen LogP contribution < -0.4 is 85.3 Å². The van der Waals surface area contributed by atoms with Crippen LogP contribution in [0, 0.1) is 19.8 Å². The molecule has 4 N–H and O–H groups in total. The molecule has 6 nitrogen and oxygen atoms in total. The predicted octanol–water partition coefficient (Wildman–Crippen LogP) is 1.41. The summed E-state index contributed by atoms with van der Waals surface area (Å²) in [7, 11) is 1.61. The minimum absolute atomic E-state index is 0. The van der Waals surface area contributed by atoms with Crippen molar-refractivity contribution in [1.29, 1.82) is 0 Å². The number of hydrogen-bond donors (Lipinski definition) is 3. The molecule has 0 bridgehead atoms. The van der Waals surface area contributed by atoms with Gasteiger partial charge < -0.3 is 35.0 Å². The molecule has 0 aliphatic carbocycles. The first kappa shape index (κ1) is 40.9. The molecule has 0 fully saturated rings. The third kappa shape index (κ3) is 42.7. The average Bonchev–Trinajstić information content (AvgIpc) is 2.68. The van der Waals surface area contributed by atoms with E-state index in [1.807, 2.05) is 0 Å². The van der Waals surface area contributed by atoms with E-state index in [4.69, 9.17) is 5.73 Å². The SMILES string of the molecule is CCCCCCCCC(N)=O.CCl.CNC(=O)CCCNC(=O)[CH-]CC(C)C.[CH3-].[Cs+]. The fourth-order valence-corrected chi connectivity index (χ4v) is 2.08. The summed E-state index contributed by atoms with van der Waals surface area (Å²) in [4.78, 5) is 32.3. The zero-order chi connectivity index (χ0) is 22.2. The molecule has 0 aromatic rings. The van der Waals surface area contributed by atoms with Crippen molar-refractivity contribution in [3.8, 4) is 0 Å². The number of carbonyl (C=O) groups excluding carboxylic acids is 3. The third-order valence-corrected chi connectivity index (χ3v) is 3.71. The van der Waals surface area contributed by atoms with Crippen molar-refractivity contribution < 1.29 is 83.3 Å². The molecule has 0 heterocycles. The summed E-state index contributed by atoms with van der Waals surface area (Å²) in [5, 5.41) is 5.28. The van der Waals surface area contributed by atoms with Crippen LogP contribution in [-0.4, -0.2) is 37.7 Å². The monoisotopic (exact) mass is 568 g/mol. The minimum Gasteiger partial charge on any atom is -0.381 e. The van der Waals surface area contributed by atoms with Gasteiger partial charge in [0.2, 0.25) is 11.8 Å². The molecule has 0 saturated carbocycles. The smallest absolute Gasteiger partial charge is 0.381 e. The van der Waals surface area contributed by atoms with Crippen LogP contribution in [0.15, 0.2) is 0 Å². The topological polar surface area (TPSA) is 101 Å². The van der Waals surface area contributed by atoms with E-state index in [2.05, 4.69) is 43.0 Å². The molecule has 30 heavy (non-hydrogen) atoms. The van der Waals surface area contributed by atoms with Gasteiger partial charge in [-0.3, -0.25) is 9.59 Å². The second-order valence-corrected chi connectivity index (χ2v) is 6.89. The van der Waals surface area contributed by atoms with Crippen molar-refractivity contribution in [2.24, 2.45) is 11.7 Å². The van der Waals surface area contributed by atoms with Gasteiger partial charge in [-0.15, -0.1) is 11.6 Å². The first-order valence-corrected chi connectivity index (χ1v) is 11.1. The molecule has 0 aliphatic heterocycles. The van der Waals surface area contributed by atoms with Crippen molar-refractivity contribution in [2.45, 2.75) is 85.0 Å². The van der Waals surface area contributed by atoms with Crippen LogP contribution in [0.1, 0.15) is 85.0 Å². The number of primary amides is 1. The molecule has 0 aromatic carbocycles. The molecule has 0 unspecified atom stereocenters. The molecule has 176 valence electrons. The summed E-state index contributed by atoms with van der Waals surface area (Å²) in [6.07, 6.45) is 12.9. The van der Waals surface area contributed by atoms with Gasteiger partial charge in [-0.05, 0) is 12.8 Å². The van der Waals surface area contributed by atoms with Gasteiger partial charge in [-0.25, -0.2) is 0 Å². The number of amides is 3. The maximum atomic E-state index is 11.2. The van der Waals surface area contributed by atoms with E-state index in [9.17, 15) is 14.4 Å². The maximum absolute atomic E-state index is 11.2. The molecule has 0 atom stereocenters. The Morgan fingerprint density at radius 3 is 1.97 bits per heavy atom. The summed E-state index contributed by atoms with van der Waals surface area (Å²) >= 11 is 4.64. The number of nitrogens with one attached hydrogen (secondary N) is 2. The number of rotatable bonds is 14. The second kappa shape index (κ2) is 34.2. The minimum atomic E-state index is -0.166. The van der Waals surface area contributed by atoms with E-state index in [1.165, 1.54) is 32.1 Å². The maximum Gasteiger partial charge on any atom is 1.00 e. The van der Waals surface area contributed by atoms with Gasteiger partial charge in [-0.1, -0.05) is 58.8 Å². The Labute approximate surface area is 250 Å². The van der Waals surface area contributed by atoms with Crippen molar-refractivity contribution >= 4 is 29.3 Å². The third-order valence-electron chi connectivity index (χ3n) is 3.71. The molecular weight excluding hydrogens is 523 g/mol. The van der Waals surface area contributed by atoms with Crippen molar-refractivity contribution in [2.75, 3.05) is 20.0 Å². The normalized spacial score (nSPS) is 8.77. The van der Waals surface area contributed by atoms with Crippen molar-refractivity contribution in [3.63, 3.8) is 0 Å². The van der Waals surface area contributed by atoms with Gasteiger partial charge in [0.05, 0.1) is 5.91 Å². The van der Waals surface area contributed by atoms with Crippen LogP contribution in [0.4, 0.5) is 0 Å². The molecule has 8 heteroatoms. The van der Waals surface area contributed by atoms with E-state index < -0.39 is 0 Å². The fraction of sp³-hybridized carbons (Fsp3) is 0.773. The molecule has 0 aliphatic rings. The van der Waals surface area contributed by atoms with Gasteiger partial charge in [0.25, 0.3) is 0 Å². The number of carbonyl (C=O) groups is 3. The van der Waals surface area contributed by atoms with Crippen LogP contribution >= 0.6 is 11.6 Å². The molecular formula is C22H46ClCsN3O3-. The summed E-state index contributed by atoms with van der Waals surface area (Å²) < 4.78 is 0. The Morgan fingerprint density at radius 2 is 1.50 bits per heavy atom. The van der Waals surface area contributed by atoms with Crippen LogP contribution in [0.2, 0.25) is 0 Å². The van der Waals surface area contributed by atoms with Gasteiger partial charge >= 0.3 is 68.9 Å². The molecule has 0 radical (unpaired) electrons. The first-order chi connectivity index (χ1) is 13.3. The van der Waals surface area contributed by atoms with E-state index in [0.717, 1.165) is 19.3 Å². The second-order valence-electron chi connectivity index (χ2n) is 6.89. The number of halogens is 1. The Bertz CT molecular complexity index is 385. The summed E-state index contributed by atoms with van der Waals surface area (Å²) in [5.41, 5.74) is 4.99. The number of nitrogens with two attached hydrogens (primary N) is 1. The fourth-order valence-electron chi connectivity index (χ4n) is 2.08. The van der Waals surface area contributed by atoms with Gasteiger partial charge in [0, 0.05) is 32.8 Å². The van der Waals surface area contributed by atoms with E-state index >= 15 is 0 Å². The molecule has 0 aromatic heterocycles. The largest absolute Gasteiger partial charge is 1.00 e. The Balaban J connectivity index is -0.000000125. The Morgan fingerprint density at radius 1 is 0.967 bits per heavy atom. The average molecular weight is 569 g/mol.